The summed E-state index contributed by atoms with van der Waals surface area (Å²) >= 11 is 0. The van der Waals surface area contributed by atoms with Crippen LogP contribution in [0.3, 0.4) is 0 Å². The number of hydrogen-bond acceptors (Lipinski definition) is 3. The smallest absolute Gasteiger partial charge is 0.127 e. The van der Waals surface area contributed by atoms with Crippen LogP contribution in [0.15, 0.2) is 24.3 Å². The van der Waals surface area contributed by atoms with Crippen LogP contribution in [0.1, 0.15) is 31.4 Å². The predicted molar refractivity (Wildman–Crippen MR) is 71.9 cm³/mol. The maximum absolute atomic E-state index is 13.6. The van der Waals surface area contributed by atoms with Gasteiger partial charge in [-0.25, -0.2) is 4.39 Å². The lowest BCUT2D eigenvalue weighted by molar-refractivity contribution is 0.156. The van der Waals surface area contributed by atoms with E-state index < -0.39 is 0 Å². The molecule has 0 aromatic heterocycles. The van der Waals surface area contributed by atoms with Gasteiger partial charge in [0.15, 0.2) is 0 Å². The summed E-state index contributed by atoms with van der Waals surface area (Å²) in [6.07, 6.45) is 1.87. The Bertz CT molecular complexity index is 346. The van der Waals surface area contributed by atoms with Crippen LogP contribution in [0.4, 0.5) is 4.39 Å². The van der Waals surface area contributed by atoms with Crippen molar-refractivity contribution in [1.82, 2.24) is 5.32 Å². The van der Waals surface area contributed by atoms with Crippen LogP contribution in [0.2, 0.25) is 0 Å². The average molecular weight is 254 g/mol. The van der Waals surface area contributed by atoms with Crippen LogP contribution >= 0.6 is 0 Å². The Morgan fingerprint density at radius 1 is 1.39 bits per heavy atom. The zero-order valence-electron chi connectivity index (χ0n) is 11.2. The third-order valence-corrected chi connectivity index (χ3v) is 2.98. The second-order valence-corrected chi connectivity index (χ2v) is 4.49. The molecule has 2 unspecified atom stereocenters. The van der Waals surface area contributed by atoms with E-state index in [1.807, 2.05) is 13.0 Å². The molecule has 3 N–H and O–H groups in total. The maximum Gasteiger partial charge on any atom is 0.127 e. The molecule has 3 nitrogen and oxygen atoms in total. The molecule has 1 rings (SSSR count). The third-order valence-electron chi connectivity index (χ3n) is 2.98. The van der Waals surface area contributed by atoms with E-state index in [2.05, 4.69) is 5.32 Å². The fourth-order valence-corrected chi connectivity index (χ4v) is 2.05. The number of methoxy groups -OCH3 is 1. The molecule has 0 heterocycles. The van der Waals surface area contributed by atoms with Gasteiger partial charge < -0.3 is 15.8 Å². The fourth-order valence-electron chi connectivity index (χ4n) is 2.05. The molecule has 0 spiro atoms. The molecule has 102 valence electrons. The highest BCUT2D eigenvalue weighted by molar-refractivity contribution is 5.20. The molecule has 0 aliphatic heterocycles. The molecule has 0 saturated carbocycles. The van der Waals surface area contributed by atoms with Crippen molar-refractivity contribution in [3.8, 4) is 0 Å². The Labute approximate surface area is 109 Å². The predicted octanol–water partition coefficient (Wildman–Crippen LogP) is 2.23. The highest BCUT2D eigenvalue weighted by Gasteiger charge is 2.15. The van der Waals surface area contributed by atoms with E-state index in [0.717, 1.165) is 12.8 Å². The molecule has 1 aromatic carbocycles. The summed E-state index contributed by atoms with van der Waals surface area (Å²) in [4.78, 5) is 0. The fraction of sp³-hybridized carbons (Fsp3) is 0.571. The molecular weight excluding hydrogens is 231 g/mol. The molecule has 4 heteroatoms. The standard InChI is InChI=1S/C14H23FN2O/c1-11(13-7-3-4-8-14(13)15)17-12(10-18-2)6-5-9-16/h3-4,7-8,11-12,17H,5-6,9-10,16H2,1-2H3. The lowest BCUT2D eigenvalue weighted by Crippen LogP contribution is -2.36. The van der Waals surface area contributed by atoms with Gasteiger partial charge in [-0.2, -0.15) is 0 Å². The van der Waals surface area contributed by atoms with Crippen molar-refractivity contribution in [1.29, 1.82) is 0 Å². The van der Waals surface area contributed by atoms with Crippen molar-refractivity contribution in [2.75, 3.05) is 20.3 Å². The van der Waals surface area contributed by atoms with Crippen molar-refractivity contribution in [3.05, 3.63) is 35.6 Å². The van der Waals surface area contributed by atoms with Crippen molar-refractivity contribution in [2.24, 2.45) is 5.73 Å². The van der Waals surface area contributed by atoms with Crippen LogP contribution in [-0.2, 0) is 4.74 Å². The van der Waals surface area contributed by atoms with Gasteiger partial charge in [-0.05, 0) is 32.4 Å². The molecule has 0 amide bonds. The van der Waals surface area contributed by atoms with Crippen LogP contribution in [0.5, 0.6) is 0 Å². The largest absolute Gasteiger partial charge is 0.383 e. The quantitative estimate of drug-likeness (QED) is 0.748. The molecule has 0 fully saturated rings. The highest BCUT2D eigenvalue weighted by atomic mass is 19.1. The zero-order valence-corrected chi connectivity index (χ0v) is 11.2. The summed E-state index contributed by atoms with van der Waals surface area (Å²) in [7, 11) is 1.67. The van der Waals surface area contributed by atoms with E-state index in [1.54, 1.807) is 19.2 Å². The summed E-state index contributed by atoms with van der Waals surface area (Å²) in [5.41, 5.74) is 6.20. The van der Waals surface area contributed by atoms with Gasteiger partial charge >= 0.3 is 0 Å². The van der Waals surface area contributed by atoms with Crippen LogP contribution < -0.4 is 11.1 Å². The highest BCUT2D eigenvalue weighted by Crippen LogP contribution is 2.17. The minimum atomic E-state index is -0.174. The van der Waals surface area contributed by atoms with E-state index >= 15 is 0 Å². The van der Waals surface area contributed by atoms with E-state index in [0.29, 0.717) is 18.7 Å². The summed E-state index contributed by atoms with van der Waals surface area (Å²) in [6.45, 7) is 3.23. The Hall–Kier alpha value is -0.970. The number of benzene rings is 1. The van der Waals surface area contributed by atoms with Gasteiger partial charge in [0.2, 0.25) is 0 Å². The minimum absolute atomic E-state index is 0.0378. The van der Waals surface area contributed by atoms with Crippen LogP contribution in [0.25, 0.3) is 0 Å². The van der Waals surface area contributed by atoms with Gasteiger partial charge in [0, 0.05) is 24.8 Å². The summed E-state index contributed by atoms with van der Waals surface area (Å²) in [6, 6.07) is 7.00. The van der Waals surface area contributed by atoms with Gasteiger partial charge in [0.25, 0.3) is 0 Å². The average Bonchev–Trinajstić information content (AvgIpc) is 2.36. The summed E-state index contributed by atoms with van der Waals surface area (Å²) in [5, 5.41) is 3.39. The Balaban J connectivity index is 2.60. The van der Waals surface area contributed by atoms with E-state index in [1.165, 1.54) is 6.07 Å². The van der Waals surface area contributed by atoms with Crippen molar-refractivity contribution < 1.29 is 9.13 Å². The van der Waals surface area contributed by atoms with Crippen molar-refractivity contribution in [3.63, 3.8) is 0 Å². The minimum Gasteiger partial charge on any atom is -0.383 e. The first-order valence-electron chi connectivity index (χ1n) is 6.38. The second kappa shape index (κ2) is 8.19. The van der Waals surface area contributed by atoms with Gasteiger partial charge in [0.05, 0.1) is 6.61 Å². The molecule has 0 bridgehead atoms. The van der Waals surface area contributed by atoms with E-state index in [-0.39, 0.29) is 17.9 Å². The lowest BCUT2D eigenvalue weighted by atomic mass is 10.1. The van der Waals surface area contributed by atoms with Gasteiger partial charge in [-0.3, -0.25) is 0 Å². The van der Waals surface area contributed by atoms with Gasteiger partial charge in [-0.15, -0.1) is 0 Å². The molecule has 2 atom stereocenters. The van der Waals surface area contributed by atoms with E-state index in [4.69, 9.17) is 10.5 Å². The Morgan fingerprint density at radius 3 is 2.72 bits per heavy atom. The lowest BCUT2D eigenvalue weighted by Gasteiger charge is -2.23. The molecule has 18 heavy (non-hydrogen) atoms. The number of halogens is 1. The SMILES string of the molecule is COCC(CCCN)NC(C)c1ccccc1F. The number of nitrogens with one attached hydrogen (secondary N) is 1. The van der Waals surface area contributed by atoms with Crippen LogP contribution in [0, 0.1) is 5.82 Å². The number of rotatable bonds is 8. The molecule has 0 saturated heterocycles. The van der Waals surface area contributed by atoms with Gasteiger partial charge in [-0.1, -0.05) is 18.2 Å². The monoisotopic (exact) mass is 254 g/mol. The molecular formula is C14H23FN2O. The first-order valence-corrected chi connectivity index (χ1v) is 6.38. The molecule has 0 aliphatic rings. The Morgan fingerprint density at radius 2 is 2.11 bits per heavy atom. The Kier molecular flexibility index (Phi) is 6.86. The maximum atomic E-state index is 13.6. The van der Waals surface area contributed by atoms with Crippen molar-refractivity contribution in [2.45, 2.75) is 31.8 Å². The molecule has 0 aliphatic carbocycles. The normalized spacial score (nSPS) is 14.4. The summed E-state index contributed by atoms with van der Waals surface area (Å²) < 4.78 is 18.8. The van der Waals surface area contributed by atoms with Gasteiger partial charge in [0.1, 0.15) is 5.82 Å². The third kappa shape index (κ3) is 4.72. The molecule has 1 aromatic rings. The number of ether oxygens (including phenoxy) is 1. The van der Waals surface area contributed by atoms with Crippen LogP contribution in [-0.4, -0.2) is 26.3 Å². The number of nitrogens with two attached hydrogens (primary N) is 1. The first kappa shape index (κ1) is 15.1. The second-order valence-electron chi connectivity index (χ2n) is 4.49. The summed E-state index contributed by atoms with van der Waals surface area (Å²) in [5.74, 6) is -0.174. The number of hydrogen-bond donors (Lipinski definition) is 2. The van der Waals surface area contributed by atoms with Crippen molar-refractivity contribution >= 4 is 0 Å². The first-order chi connectivity index (χ1) is 8.69. The van der Waals surface area contributed by atoms with E-state index in [9.17, 15) is 4.39 Å². The topological polar surface area (TPSA) is 47.3 Å². The zero-order chi connectivity index (χ0) is 13.4. The molecule has 0 radical (unpaired) electrons.